The van der Waals surface area contributed by atoms with E-state index >= 15 is 0 Å². The van der Waals surface area contributed by atoms with E-state index in [2.05, 4.69) is 20.6 Å². The molecule has 1 aromatic heterocycles. The molecule has 0 spiro atoms. The summed E-state index contributed by atoms with van der Waals surface area (Å²) in [6, 6.07) is 10.3. The van der Waals surface area contributed by atoms with E-state index in [0.717, 1.165) is 23.1 Å². The van der Waals surface area contributed by atoms with Crippen LogP contribution >= 0.6 is 0 Å². The third kappa shape index (κ3) is 4.58. The summed E-state index contributed by atoms with van der Waals surface area (Å²) in [5, 5.41) is 6.85. The van der Waals surface area contributed by atoms with Crippen molar-refractivity contribution in [3.05, 3.63) is 36.7 Å². The number of hydrogen-bond donors (Lipinski definition) is 2. The number of nitrogens with one attached hydrogen (secondary N) is 2. The first-order valence-electron chi connectivity index (χ1n) is 8.33. The van der Waals surface area contributed by atoms with Gasteiger partial charge in [0.2, 0.25) is 0 Å². The Labute approximate surface area is 137 Å². The van der Waals surface area contributed by atoms with Crippen LogP contribution in [-0.4, -0.2) is 23.1 Å². The number of benzene rings is 1. The highest BCUT2D eigenvalue weighted by Crippen LogP contribution is 2.22. The van der Waals surface area contributed by atoms with E-state index in [-0.39, 0.29) is 0 Å². The summed E-state index contributed by atoms with van der Waals surface area (Å²) in [7, 11) is 1.66. The fourth-order valence-corrected chi connectivity index (χ4v) is 2.96. The Morgan fingerprint density at radius 1 is 0.957 bits per heavy atom. The lowest BCUT2D eigenvalue weighted by molar-refractivity contribution is 0.415. The smallest absolute Gasteiger partial charge is 0.135 e. The molecule has 23 heavy (non-hydrogen) atoms. The third-order valence-corrected chi connectivity index (χ3v) is 4.24. The fourth-order valence-electron chi connectivity index (χ4n) is 2.96. The lowest BCUT2D eigenvalue weighted by atomic mass is 10.1. The standard InChI is InChI=1S/C18H24N4O/c1-23-16-10-8-15(9-11-16)22-18-12-17(19-13-20-18)21-14-6-4-2-3-5-7-14/h8-14H,2-7H2,1H3,(H2,19,20,21,22). The number of aromatic nitrogens is 2. The van der Waals surface area contributed by atoms with Crippen molar-refractivity contribution in [1.29, 1.82) is 0 Å². The van der Waals surface area contributed by atoms with Gasteiger partial charge >= 0.3 is 0 Å². The highest BCUT2D eigenvalue weighted by molar-refractivity contribution is 5.59. The van der Waals surface area contributed by atoms with Crippen molar-refractivity contribution in [2.75, 3.05) is 17.7 Å². The summed E-state index contributed by atoms with van der Waals surface area (Å²) in [4.78, 5) is 8.65. The molecule has 5 nitrogen and oxygen atoms in total. The van der Waals surface area contributed by atoms with Gasteiger partial charge in [0, 0.05) is 17.8 Å². The molecule has 0 aliphatic heterocycles. The van der Waals surface area contributed by atoms with E-state index in [9.17, 15) is 0 Å². The van der Waals surface area contributed by atoms with Gasteiger partial charge in [0.25, 0.3) is 0 Å². The summed E-state index contributed by atoms with van der Waals surface area (Å²) in [5.74, 6) is 2.53. The molecule has 1 heterocycles. The van der Waals surface area contributed by atoms with Crippen molar-refractivity contribution in [2.24, 2.45) is 0 Å². The number of ether oxygens (including phenoxy) is 1. The predicted molar refractivity (Wildman–Crippen MR) is 93.4 cm³/mol. The topological polar surface area (TPSA) is 59.1 Å². The summed E-state index contributed by atoms with van der Waals surface area (Å²) < 4.78 is 5.17. The summed E-state index contributed by atoms with van der Waals surface area (Å²) in [6.07, 6.45) is 9.37. The van der Waals surface area contributed by atoms with Crippen molar-refractivity contribution < 1.29 is 4.74 Å². The van der Waals surface area contributed by atoms with E-state index in [0.29, 0.717) is 6.04 Å². The molecule has 1 aliphatic carbocycles. The molecule has 0 amide bonds. The molecule has 0 unspecified atom stereocenters. The molecule has 0 bridgehead atoms. The molecule has 2 N–H and O–H groups in total. The van der Waals surface area contributed by atoms with Crippen LogP contribution in [0.1, 0.15) is 38.5 Å². The van der Waals surface area contributed by atoms with Crippen molar-refractivity contribution >= 4 is 17.3 Å². The molecule has 1 fully saturated rings. The second-order valence-electron chi connectivity index (χ2n) is 5.97. The molecule has 3 rings (SSSR count). The van der Waals surface area contributed by atoms with Gasteiger partial charge in [-0.2, -0.15) is 0 Å². The Kier molecular flexibility index (Phi) is 5.29. The normalized spacial score (nSPS) is 15.7. The number of hydrogen-bond acceptors (Lipinski definition) is 5. The lowest BCUT2D eigenvalue weighted by Crippen LogP contribution is -2.19. The summed E-state index contributed by atoms with van der Waals surface area (Å²) in [5.41, 5.74) is 0.977. The van der Waals surface area contributed by atoms with Crippen LogP contribution in [0.3, 0.4) is 0 Å². The van der Waals surface area contributed by atoms with E-state index in [1.807, 2.05) is 30.3 Å². The molecule has 1 saturated carbocycles. The molecule has 5 heteroatoms. The zero-order chi connectivity index (χ0) is 15.9. The van der Waals surface area contributed by atoms with E-state index < -0.39 is 0 Å². The first kappa shape index (κ1) is 15.6. The molecule has 0 saturated heterocycles. The Balaban J connectivity index is 1.64. The summed E-state index contributed by atoms with van der Waals surface area (Å²) in [6.45, 7) is 0. The van der Waals surface area contributed by atoms with E-state index in [4.69, 9.17) is 4.74 Å². The van der Waals surface area contributed by atoms with Crippen LogP contribution in [0.15, 0.2) is 36.7 Å². The van der Waals surface area contributed by atoms with Gasteiger partial charge in [0.05, 0.1) is 7.11 Å². The first-order chi connectivity index (χ1) is 11.3. The van der Waals surface area contributed by atoms with Crippen LogP contribution < -0.4 is 15.4 Å². The maximum absolute atomic E-state index is 5.17. The molecule has 2 aromatic rings. The Hall–Kier alpha value is -2.30. The number of methoxy groups -OCH3 is 1. The molecule has 122 valence electrons. The van der Waals surface area contributed by atoms with Crippen LogP contribution in [0.5, 0.6) is 5.75 Å². The van der Waals surface area contributed by atoms with Crippen molar-refractivity contribution in [2.45, 2.75) is 44.6 Å². The second kappa shape index (κ2) is 7.81. The highest BCUT2D eigenvalue weighted by Gasteiger charge is 2.12. The number of anilines is 3. The average Bonchev–Trinajstić information content (AvgIpc) is 2.85. The van der Waals surface area contributed by atoms with Crippen molar-refractivity contribution in [1.82, 2.24) is 9.97 Å². The van der Waals surface area contributed by atoms with E-state index in [1.54, 1.807) is 13.4 Å². The van der Waals surface area contributed by atoms with Gasteiger partial charge in [-0.05, 0) is 37.1 Å². The second-order valence-corrected chi connectivity index (χ2v) is 5.97. The average molecular weight is 312 g/mol. The van der Waals surface area contributed by atoms with Crippen molar-refractivity contribution in [3.8, 4) is 5.75 Å². The van der Waals surface area contributed by atoms with Gasteiger partial charge in [-0.25, -0.2) is 9.97 Å². The van der Waals surface area contributed by atoms with Gasteiger partial charge in [0.1, 0.15) is 23.7 Å². The zero-order valence-electron chi connectivity index (χ0n) is 13.6. The Morgan fingerprint density at radius 3 is 2.35 bits per heavy atom. The molecular weight excluding hydrogens is 288 g/mol. The van der Waals surface area contributed by atoms with Crippen LogP contribution in [0.2, 0.25) is 0 Å². The first-order valence-corrected chi connectivity index (χ1v) is 8.33. The number of rotatable bonds is 5. The number of nitrogens with zero attached hydrogens (tertiary/aromatic N) is 2. The SMILES string of the molecule is COc1ccc(Nc2cc(NC3CCCCCC3)ncn2)cc1. The monoisotopic (exact) mass is 312 g/mol. The minimum atomic E-state index is 0.529. The predicted octanol–water partition coefficient (Wildman–Crippen LogP) is 4.36. The van der Waals surface area contributed by atoms with Gasteiger partial charge in [-0.3, -0.25) is 0 Å². The van der Waals surface area contributed by atoms with E-state index in [1.165, 1.54) is 38.5 Å². The van der Waals surface area contributed by atoms with Gasteiger partial charge in [-0.15, -0.1) is 0 Å². The van der Waals surface area contributed by atoms with Crippen LogP contribution in [0.4, 0.5) is 17.3 Å². The van der Waals surface area contributed by atoms with Gasteiger partial charge in [-0.1, -0.05) is 25.7 Å². The van der Waals surface area contributed by atoms with Crippen molar-refractivity contribution in [3.63, 3.8) is 0 Å². The fraction of sp³-hybridized carbons (Fsp3) is 0.444. The third-order valence-electron chi connectivity index (χ3n) is 4.24. The largest absolute Gasteiger partial charge is 0.497 e. The zero-order valence-corrected chi connectivity index (χ0v) is 13.6. The molecule has 0 radical (unpaired) electrons. The Bertz CT molecular complexity index is 607. The molecular formula is C18H24N4O. The quantitative estimate of drug-likeness (QED) is 0.803. The Morgan fingerprint density at radius 2 is 1.65 bits per heavy atom. The molecule has 0 atom stereocenters. The highest BCUT2D eigenvalue weighted by atomic mass is 16.5. The van der Waals surface area contributed by atoms with Gasteiger partial charge in [0.15, 0.2) is 0 Å². The van der Waals surface area contributed by atoms with Crippen LogP contribution in [-0.2, 0) is 0 Å². The molecule has 1 aliphatic rings. The molecule has 1 aromatic carbocycles. The maximum Gasteiger partial charge on any atom is 0.135 e. The maximum atomic E-state index is 5.17. The minimum Gasteiger partial charge on any atom is -0.497 e. The van der Waals surface area contributed by atoms with Gasteiger partial charge < -0.3 is 15.4 Å². The summed E-state index contributed by atoms with van der Waals surface area (Å²) >= 11 is 0. The minimum absolute atomic E-state index is 0.529. The lowest BCUT2D eigenvalue weighted by Gasteiger charge is -2.17. The van der Waals surface area contributed by atoms with Crippen LogP contribution in [0.25, 0.3) is 0 Å². The van der Waals surface area contributed by atoms with Crippen LogP contribution in [0, 0.1) is 0 Å².